The predicted molar refractivity (Wildman–Crippen MR) is 136 cm³/mol. The third kappa shape index (κ3) is 6.59. The topological polar surface area (TPSA) is 18.5 Å². The van der Waals surface area contributed by atoms with Crippen LogP contribution in [0.5, 0.6) is 17.2 Å². The van der Waals surface area contributed by atoms with Gasteiger partial charge in [-0.1, -0.05) is 65.0 Å². The second-order valence-corrected chi connectivity index (χ2v) is 11.4. The van der Waals surface area contributed by atoms with Crippen LogP contribution in [-0.2, 0) is 17.0 Å². The lowest BCUT2D eigenvalue weighted by Gasteiger charge is -2.27. The van der Waals surface area contributed by atoms with Crippen LogP contribution in [0.15, 0.2) is 66.7 Å². The van der Waals surface area contributed by atoms with E-state index in [-0.39, 0.29) is 22.2 Å². The van der Waals surface area contributed by atoms with Crippen molar-refractivity contribution in [3.63, 3.8) is 0 Å². The Hall–Kier alpha value is -2.95. The molecule has 0 saturated heterocycles. The first-order chi connectivity index (χ1) is 16.0. The summed E-state index contributed by atoms with van der Waals surface area (Å²) < 4.78 is 52.5. The van der Waals surface area contributed by atoms with Crippen LogP contribution < -0.4 is 9.47 Å². The Morgan fingerprint density at radius 3 is 1.46 bits per heavy atom. The molecule has 0 atom stereocenters. The van der Waals surface area contributed by atoms with Crippen molar-refractivity contribution in [1.29, 1.82) is 0 Å². The number of hydrogen-bond donors (Lipinski definition) is 0. The van der Waals surface area contributed by atoms with Gasteiger partial charge in [0.1, 0.15) is 22.8 Å². The van der Waals surface area contributed by atoms with Gasteiger partial charge in [0.25, 0.3) is 0 Å². The minimum atomic E-state index is -4.50. The summed E-state index contributed by atoms with van der Waals surface area (Å²) in [7, 11) is 0. The van der Waals surface area contributed by atoms with Gasteiger partial charge in [-0.25, -0.2) is 0 Å². The van der Waals surface area contributed by atoms with Crippen molar-refractivity contribution in [2.75, 3.05) is 0 Å². The summed E-state index contributed by atoms with van der Waals surface area (Å²) in [6.07, 6.45) is -4.50. The molecule has 0 aliphatic rings. The van der Waals surface area contributed by atoms with E-state index < -0.39 is 11.7 Å². The molecule has 35 heavy (non-hydrogen) atoms. The van der Waals surface area contributed by atoms with Gasteiger partial charge in [-0.15, -0.1) is 0 Å². The third-order valence-electron chi connectivity index (χ3n) is 5.96. The fourth-order valence-electron chi connectivity index (χ4n) is 3.83. The number of ether oxygens (including phenoxy) is 2. The summed E-state index contributed by atoms with van der Waals surface area (Å²) >= 11 is 0. The standard InChI is InChI=1S/C30H35F3O2/c1-27(2,3)22-13-18-25(30(31,32)33)26(19-22)34-23-14-9-20(10-15-23)29(7,8)21-11-16-24(17-12-21)35-28(4,5)6/h9-19H,1-8H3. The molecular weight excluding hydrogens is 449 g/mol. The largest absolute Gasteiger partial charge is 0.488 e. The van der Waals surface area contributed by atoms with Crippen molar-refractivity contribution >= 4 is 0 Å². The van der Waals surface area contributed by atoms with E-state index in [2.05, 4.69) is 13.8 Å². The highest BCUT2D eigenvalue weighted by molar-refractivity contribution is 5.46. The quantitative estimate of drug-likeness (QED) is 0.359. The molecule has 3 aromatic carbocycles. The Labute approximate surface area is 207 Å². The molecule has 188 valence electrons. The molecule has 0 aliphatic heterocycles. The maximum absolute atomic E-state index is 13.6. The molecule has 5 heteroatoms. The zero-order valence-electron chi connectivity index (χ0n) is 21.8. The highest BCUT2D eigenvalue weighted by Crippen LogP contribution is 2.41. The molecule has 0 aliphatic carbocycles. The fourth-order valence-corrected chi connectivity index (χ4v) is 3.83. The molecule has 0 amide bonds. The molecular formula is C30H35F3O2. The number of rotatable bonds is 5. The molecule has 0 unspecified atom stereocenters. The van der Waals surface area contributed by atoms with Crippen molar-refractivity contribution in [2.45, 2.75) is 78.0 Å². The van der Waals surface area contributed by atoms with Gasteiger partial charge >= 0.3 is 6.18 Å². The summed E-state index contributed by atoms with van der Waals surface area (Å²) in [6, 6.07) is 19.3. The molecule has 0 radical (unpaired) electrons. The van der Waals surface area contributed by atoms with Crippen LogP contribution >= 0.6 is 0 Å². The lowest BCUT2D eigenvalue weighted by Crippen LogP contribution is -2.23. The normalized spacial score (nSPS) is 13.0. The summed E-state index contributed by atoms with van der Waals surface area (Å²) in [5.74, 6) is 0.972. The van der Waals surface area contributed by atoms with Crippen molar-refractivity contribution in [1.82, 2.24) is 0 Å². The molecule has 0 heterocycles. The van der Waals surface area contributed by atoms with Gasteiger partial charge in [0.2, 0.25) is 0 Å². The van der Waals surface area contributed by atoms with Crippen molar-refractivity contribution < 1.29 is 22.6 Å². The van der Waals surface area contributed by atoms with E-state index >= 15 is 0 Å². The SMILES string of the molecule is CC(C)(C)Oc1ccc(C(C)(C)c2ccc(Oc3cc(C(C)(C)C)ccc3C(F)(F)F)cc2)cc1. The van der Waals surface area contributed by atoms with Crippen LogP contribution in [-0.4, -0.2) is 5.60 Å². The Kier molecular flexibility index (Phi) is 7.05. The molecule has 0 N–H and O–H groups in total. The second-order valence-electron chi connectivity index (χ2n) is 11.4. The van der Waals surface area contributed by atoms with Crippen LogP contribution in [0.2, 0.25) is 0 Å². The summed E-state index contributed by atoms with van der Waals surface area (Å²) in [4.78, 5) is 0. The Bertz CT molecular complexity index is 1140. The van der Waals surface area contributed by atoms with E-state index in [9.17, 15) is 13.2 Å². The zero-order valence-corrected chi connectivity index (χ0v) is 21.8. The molecule has 0 fully saturated rings. The van der Waals surface area contributed by atoms with E-state index in [1.807, 2.05) is 77.9 Å². The maximum Gasteiger partial charge on any atom is 0.419 e. The van der Waals surface area contributed by atoms with Gasteiger partial charge in [0.05, 0.1) is 5.56 Å². The van der Waals surface area contributed by atoms with Crippen LogP contribution in [0, 0.1) is 0 Å². The molecule has 2 nitrogen and oxygen atoms in total. The van der Waals surface area contributed by atoms with E-state index in [4.69, 9.17) is 9.47 Å². The second kappa shape index (κ2) is 9.25. The fraction of sp³-hybridized carbons (Fsp3) is 0.400. The van der Waals surface area contributed by atoms with E-state index in [1.54, 1.807) is 12.1 Å². The lowest BCUT2D eigenvalue weighted by atomic mass is 9.78. The predicted octanol–water partition coefficient (Wildman–Crippen LogP) is 9.30. The molecule has 0 saturated carbocycles. The van der Waals surface area contributed by atoms with E-state index in [0.717, 1.165) is 28.5 Å². The number of hydrogen-bond acceptors (Lipinski definition) is 2. The van der Waals surface area contributed by atoms with Crippen LogP contribution in [0.3, 0.4) is 0 Å². The van der Waals surface area contributed by atoms with Gasteiger partial charge in [-0.05, 0) is 79.3 Å². The third-order valence-corrected chi connectivity index (χ3v) is 5.96. The summed E-state index contributed by atoms with van der Waals surface area (Å²) in [6.45, 7) is 16.1. The van der Waals surface area contributed by atoms with Crippen LogP contribution in [0.25, 0.3) is 0 Å². The number of alkyl halides is 3. The Balaban J connectivity index is 1.86. The minimum absolute atomic E-state index is 0.189. The minimum Gasteiger partial charge on any atom is -0.488 e. The summed E-state index contributed by atoms with van der Waals surface area (Å²) in [5.41, 5.74) is 1.22. The first kappa shape index (κ1) is 26.7. The molecule has 0 aromatic heterocycles. The van der Waals surface area contributed by atoms with Gasteiger partial charge in [0, 0.05) is 5.41 Å². The molecule has 3 rings (SSSR count). The highest BCUT2D eigenvalue weighted by Gasteiger charge is 2.35. The zero-order chi connectivity index (χ0) is 26.2. The van der Waals surface area contributed by atoms with Crippen LogP contribution in [0.4, 0.5) is 13.2 Å². The summed E-state index contributed by atoms with van der Waals surface area (Å²) in [5, 5.41) is 0. The lowest BCUT2D eigenvalue weighted by molar-refractivity contribution is -0.138. The molecule has 0 spiro atoms. The molecule has 3 aromatic rings. The average Bonchev–Trinajstić information content (AvgIpc) is 2.72. The van der Waals surface area contributed by atoms with E-state index in [1.165, 1.54) is 12.1 Å². The Morgan fingerprint density at radius 1 is 0.571 bits per heavy atom. The molecule has 0 bridgehead atoms. The average molecular weight is 485 g/mol. The van der Waals surface area contributed by atoms with Crippen molar-refractivity contribution in [3.05, 3.63) is 89.0 Å². The van der Waals surface area contributed by atoms with Gasteiger partial charge in [-0.3, -0.25) is 0 Å². The smallest absolute Gasteiger partial charge is 0.419 e. The van der Waals surface area contributed by atoms with Gasteiger partial charge in [0.15, 0.2) is 0 Å². The van der Waals surface area contributed by atoms with Gasteiger partial charge < -0.3 is 9.47 Å². The number of halogens is 3. The monoisotopic (exact) mass is 484 g/mol. The Morgan fingerprint density at radius 2 is 1.03 bits per heavy atom. The van der Waals surface area contributed by atoms with Crippen LogP contribution in [0.1, 0.15) is 77.6 Å². The first-order valence-corrected chi connectivity index (χ1v) is 11.8. The first-order valence-electron chi connectivity index (χ1n) is 11.8. The van der Waals surface area contributed by atoms with Gasteiger partial charge in [-0.2, -0.15) is 13.2 Å². The van der Waals surface area contributed by atoms with Crippen molar-refractivity contribution in [3.8, 4) is 17.2 Å². The number of benzene rings is 3. The highest BCUT2D eigenvalue weighted by atomic mass is 19.4. The van der Waals surface area contributed by atoms with Crippen molar-refractivity contribution in [2.24, 2.45) is 0 Å². The maximum atomic E-state index is 13.6. The van der Waals surface area contributed by atoms with E-state index in [0.29, 0.717) is 5.75 Å².